The molecule has 0 radical (unpaired) electrons. The molecule has 1 aliphatic heterocycles. The molecule has 0 spiro atoms. The first kappa shape index (κ1) is 7.76. The number of aliphatic hydroxyl groups excluding tert-OH is 1. The average molecular weight is 141 g/mol. The van der Waals surface area contributed by atoms with Crippen molar-refractivity contribution in [3.63, 3.8) is 0 Å². The number of hydrogen-bond acceptors (Lipinski definition) is 2. The Morgan fingerprint density at radius 2 is 2.10 bits per heavy atom. The smallest absolute Gasteiger partial charge is 0.127 e. The predicted molar refractivity (Wildman–Crippen MR) is 41.6 cm³/mol. The van der Waals surface area contributed by atoms with E-state index in [4.69, 9.17) is 0 Å². The fourth-order valence-electron chi connectivity index (χ4n) is 1.31. The van der Waals surface area contributed by atoms with Crippen LogP contribution in [0.15, 0.2) is 11.1 Å². The molecular weight excluding hydrogens is 126 g/mol. The molecule has 0 amide bonds. The summed E-state index contributed by atoms with van der Waals surface area (Å²) in [5.41, 5.74) is 2.40. The molecular formula is C8H15NO. The van der Waals surface area contributed by atoms with Crippen molar-refractivity contribution in [1.82, 2.24) is 5.32 Å². The van der Waals surface area contributed by atoms with Crippen molar-refractivity contribution in [2.24, 2.45) is 0 Å². The van der Waals surface area contributed by atoms with E-state index in [0.29, 0.717) is 6.04 Å². The van der Waals surface area contributed by atoms with E-state index in [1.807, 2.05) is 6.92 Å². The summed E-state index contributed by atoms with van der Waals surface area (Å²) in [6.45, 7) is 6.13. The molecule has 0 aromatic carbocycles. The lowest BCUT2D eigenvalue weighted by atomic mass is 9.98. The van der Waals surface area contributed by atoms with E-state index in [2.05, 4.69) is 19.2 Å². The molecule has 2 nitrogen and oxygen atoms in total. The minimum Gasteiger partial charge on any atom is -0.375 e. The molecule has 1 aliphatic rings. The number of rotatable bonds is 0. The van der Waals surface area contributed by atoms with Crippen LogP contribution in [-0.4, -0.2) is 17.4 Å². The summed E-state index contributed by atoms with van der Waals surface area (Å²) >= 11 is 0. The molecule has 1 heterocycles. The van der Waals surface area contributed by atoms with Gasteiger partial charge in [0.05, 0.1) is 0 Å². The van der Waals surface area contributed by atoms with Crippen LogP contribution in [0.5, 0.6) is 0 Å². The summed E-state index contributed by atoms with van der Waals surface area (Å²) in [6, 6.07) is 0.415. The molecule has 0 aliphatic carbocycles. The molecule has 0 saturated heterocycles. The second-order valence-corrected chi connectivity index (χ2v) is 3.14. The Morgan fingerprint density at radius 1 is 1.50 bits per heavy atom. The largest absolute Gasteiger partial charge is 0.375 e. The van der Waals surface area contributed by atoms with Crippen molar-refractivity contribution in [2.45, 2.75) is 39.5 Å². The first-order valence-electron chi connectivity index (χ1n) is 3.71. The van der Waals surface area contributed by atoms with Crippen LogP contribution in [-0.2, 0) is 0 Å². The SMILES string of the molecule is CC1=C(C)C(O)NC(C)C1. The Balaban J connectivity index is 2.74. The zero-order chi connectivity index (χ0) is 7.72. The van der Waals surface area contributed by atoms with Gasteiger partial charge in [0.2, 0.25) is 0 Å². The highest BCUT2D eigenvalue weighted by molar-refractivity contribution is 5.17. The third-order valence-electron chi connectivity index (χ3n) is 2.14. The van der Waals surface area contributed by atoms with Gasteiger partial charge in [0.1, 0.15) is 6.23 Å². The maximum Gasteiger partial charge on any atom is 0.127 e. The van der Waals surface area contributed by atoms with E-state index in [0.717, 1.165) is 12.0 Å². The predicted octanol–water partition coefficient (Wildman–Crippen LogP) is 1.02. The molecule has 2 unspecified atom stereocenters. The first-order valence-corrected chi connectivity index (χ1v) is 3.71. The average Bonchev–Trinajstić information content (AvgIpc) is 1.82. The Labute approximate surface area is 61.9 Å². The van der Waals surface area contributed by atoms with E-state index < -0.39 is 6.23 Å². The molecule has 0 fully saturated rings. The lowest BCUT2D eigenvalue weighted by Crippen LogP contribution is -2.41. The van der Waals surface area contributed by atoms with Crippen molar-refractivity contribution in [3.05, 3.63) is 11.1 Å². The van der Waals surface area contributed by atoms with Gasteiger partial charge < -0.3 is 5.11 Å². The second-order valence-electron chi connectivity index (χ2n) is 3.14. The highest BCUT2D eigenvalue weighted by Gasteiger charge is 2.18. The minimum atomic E-state index is -0.413. The van der Waals surface area contributed by atoms with Crippen LogP contribution >= 0.6 is 0 Å². The Kier molecular flexibility index (Phi) is 2.11. The van der Waals surface area contributed by atoms with Crippen molar-refractivity contribution in [2.75, 3.05) is 0 Å². The minimum absolute atomic E-state index is 0.413. The monoisotopic (exact) mass is 141 g/mol. The van der Waals surface area contributed by atoms with Crippen LogP contribution in [0, 0.1) is 0 Å². The van der Waals surface area contributed by atoms with Crippen LogP contribution in [0.3, 0.4) is 0 Å². The molecule has 2 atom stereocenters. The van der Waals surface area contributed by atoms with Gasteiger partial charge in [0, 0.05) is 6.04 Å². The van der Waals surface area contributed by atoms with Crippen LogP contribution in [0.25, 0.3) is 0 Å². The van der Waals surface area contributed by atoms with E-state index in [1.54, 1.807) is 0 Å². The molecule has 58 valence electrons. The van der Waals surface area contributed by atoms with Crippen molar-refractivity contribution >= 4 is 0 Å². The Hall–Kier alpha value is -0.340. The van der Waals surface area contributed by atoms with Gasteiger partial charge in [-0.05, 0) is 32.8 Å². The topological polar surface area (TPSA) is 32.3 Å². The zero-order valence-corrected chi connectivity index (χ0v) is 6.81. The van der Waals surface area contributed by atoms with Gasteiger partial charge in [0.15, 0.2) is 0 Å². The van der Waals surface area contributed by atoms with E-state index in [1.165, 1.54) is 5.57 Å². The van der Waals surface area contributed by atoms with Gasteiger partial charge in [-0.15, -0.1) is 0 Å². The first-order chi connectivity index (χ1) is 4.61. The summed E-state index contributed by atoms with van der Waals surface area (Å²) in [7, 11) is 0. The fraction of sp³-hybridized carbons (Fsp3) is 0.750. The summed E-state index contributed by atoms with van der Waals surface area (Å²) < 4.78 is 0. The van der Waals surface area contributed by atoms with Gasteiger partial charge in [-0.25, -0.2) is 0 Å². The van der Waals surface area contributed by atoms with Crippen LogP contribution in [0.1, 0.15) is 27.2 Å². The molecule has 10 heavy (non-hydrogen) atoms. The maximum atomic E-state index is 9.35. The molecule has 1 rings (SSSR count). The molecule has 0 aromatic heterocycles. The standard InChI is InChI=1S/C8H15NO/c1-5-4-6(2)9-8(10)7(5)3/h6,8-10H,4H2,1-3H3. The zero-order valence-electron chi connectivity index (χ0n) is 6.81. The number of hydrogen-bond donors (Lipinski definition) is 2. The Bertz CT molecular complexity index is 163. The number of nitrogens with one attached hydrogen (secondary N) is 1. The van der Waals surface area contributed by atoms with Gasteiger partial charge in [-0.1, -0.05) is 5.57 Å². The third-order valence-corrected chi connectivity index (χ3v) is 2.14. The van der Waals surface area contributed by atoms with Crippen molar-refractivity contribution < 1.29 is 5.11 Å². The summed E-state index contributed by atoms with van der Waals surface area (Å²) in [5.74, 6) is 0. The summed E-state index contributed by atoms with van der Waals surface area (Å²) in [6.07, 6.45) is 0.645. The van der Waals surface area contributed by atoms with Crippen LogP contribution in [0.4, 0.5) is 0 Å². The van der Waals surface area contributed by atoms with E-state index >= 15 is 0 Å². The summed E-state index contributed by atoms with van der Waals surface area (Å²) in [4.78, 5) is 0. The molecule has 2 heteroatoms. The Morgan fingerprint density at radius 3 is 2.60 bits per heavy atom. The lowest BCUT2D eigenvalue weighted by molar-refractivity contribution is 0.148. The number of aliphatic hydroxyl groups is 1. The molecule has 0 saturated carbocycles. The summed E-state index contributed by atoms with van der Waals surface area (Å²) in [5, 5.41) is 12.4. The fourth-order valence-corrected chi connectivity index (χ4v) is 1.31. The third kappa shape index (κ3) is 1.39. The van der Waals surface area contributed by atoms with Crippen LogP contribution in [0.2, 0.25) is 0 Å². The molecule has 0 bridgehead atoms. The highest BCUT2D eigenvalue weighted by Crippen LogP contribution is 2.18. The van der Waals surface area contributed by atoms with Crippen molar-refractivity contribution in [1.29, 1.82) is 0 Å². The van der Waals surface area contributed by atoms with Crippen LogP contribution < -0.4 is 5.32 Å². The normalized spacial score (nSPS) is 34.8. The quantitative estimate of drug-likeness (QED) is 0.494. The van der Waals surface area contributed by atoms with E-state index in [9.17, 15) is 5.11 Å². The van der Waals surface area contributed by atoms with Gasteiger partial charge in [0.25, 0.3) is 0 Å². The van der Waals surface area contributed by atoms with Gasteiger partial charge >= 0.3 is 0 Å². The maximum absolute atomic E-state index is 9.35. The van der Waals surface area contributed by atoms with Gasteiger partial charge in [-0.3, -0.25) is 5.32 Å². The van der Waals surface area contributed by atoms with Gasteiger partial charge in [-0.2, -0.15) is 0 Å². The second kappa shape index (κ2) is 2.72. The molecule has 0 aromatic rings. The lowest BCUT2D eigenvalue weighted by Gasteiger charge is -2.27. The molecule has 2 N–H and O–H groups in total. The van der Waals surface area contributed by atoms with Crippen molar-refractivity contribution in [3.8, 4) is 0 Å². The van der Waals surface area contributed by atoms with E-state index in [-0.39, 0.29) is 0 Å². The highest BCUT2D eigenvalue weighted by atomic mass is 16.3.